The molecule has 0 aliphatic carbocycles. The van der Waals surface area contributed by atoms with Gasteiger partial charge in [0, 0.05) is 18.5 Å². The summed E-state index contributed by atoms with van der Waals surface area (Å²) in [6, 6.07) is 11.5. The molecule has 162 valence electrons. The number of carbonyl (C=O) groups excluding carboxylic acids is 3. The highest BCUT2D eigenvalue weighted by Gasteiger charge is 2.28. The topological polar surface area (TPSA) is 90.7 Å². The average molecular weight is 442 g/mol. The molecule has 1 aliphatic heterocycles. The van der Waals surface area contributed by atoms with Crippen LogP contribution in [0, 0.1) is 12.8 Å². The molecule has 0 atom stereocenters. The molecule has 1 fully saturated rings. The second kappa shape index (κ2) is 8.89. The number of nitrogens with zero attached hydrogens (tertiary/aromatic N) is 3. The van der Waals surface area contributed by atoms with E-state index in [9.17, 15) is 14.4 Å². The summed E-state index contributed by atoms with van der Waals surface area (Å²) in [6.07, 6.45) is 1.11. The Morgan fingerprint density at radius 2 is 1.87 bits per heavy atom. The number of carbonyl (C=O) groups is 3. The highest BCUT2D eigenvalue weighted by Crippen LogP contribution is 2.30. The van der Waals surface area contributed by atoms with Gasteiger partial charge in [0.25, 0.3) is 5.91 Å². The van der Waals surface area contributed by atoms with E-state index in [1.54, 1.807) is 11.0 Å². The minimum atomic E-state index is -0.530. The quantitative estimate of drug-likeness (QED) is 0.566. The molecule has 0 bridgehead atoms. The third-order valence-electron chi connectivity index (χ3n) is 5.46. The van der Waals surface area contributed by atoms with Crippen LogP contribution in [0.15, 0.2) is 36.4 Å². The second-order valence-corrected chi connectivity index (χ2v) is 8.45. The van der Waals surface area contributed by atoms with Crippen LogP contribution in [0.4, 0.5) is 0 Å². The fourth-order valence-electron chi connectivity index (χ4n) is 3.71. The van der Waals surface area contributed by atoms with Crippen molar-refractivity contribution in [2.75, 3.05) is 26.8 Å². The standard InChI is InChI=1S/C22H23N3O5S/c1-14-17-12-18(31-20(17)25(23-14)16-6-4-3-5-7-16)22(28)30-13-19(26)24-10-8-15(9-11-24)21(27)29-2/h3-7,12,15H,8-11,13H2,1-2H3. The van der Waals surface area contributed by atoms with Crippen LogP contribution in [-0.2, 0) is 19.1 Å². The van der Waals surface area contributed by atoms with Gasteiger partial charge < -0.3 is 14.4 Å². The molecule has 0 unspecified atom stereocenters. The van der Waals surface area contributed by atoms with Gasteiger partial charge in [-0.25, -0.2) is 9.48 Å². The Hall–Kier alpha value is -3.20. The number of piperidine rings is 1. The first kappa shape index (κ1) is 21.0. The number of para-hydroxylation sites is 1. The number of likely N-dealkylation sites (tertiary alicyclic amines) is 1. The number of hydrogen-bond donors (Lipinski definition) is 0. The molecule has 1 saturated heterocycles. The number of hydrogen-bond acceptors (Lipinski definition) is 7. The molecule has 0 spiro atoms. The van der Waals surface area contributed by atoms with Crippen molar-refractivity contribution in [1.82, 2.24) is 14.7 Å². The predicted molar refractivity (Wildman–Crippen MR) is 115 cm³/mol. The molecule has 1 amide bonds. The van der Waals surface area contributed by atoms with Gasteiger partial charge in [-0.3, -0.25) is 9.59 Å². The summed E-state index contributed by atoms with van der Waals surface area (Å²) >= 11 is 1.29. The number of thiophene rings is 1. The molecule has 3 heterocycles. The van der Waals surface area contributed by atoms with Crippen LogP contribution in [0.2, 0.25) is 0 Å². The zero-order chi connectivity index (χ0) is 22.0. The first-order chi connectivity index (χ1) is 15.0. The van der Waals surface area contributed by atoms with E-state index in [-0.39, 0.29) is 24.4 Å². The normalized spacial score (nSPS) is 14.6. The summed E-state index contributed by atoms with van der Waals surface area (Å²) in [4.78, 5) is 39.5. The molecule has 0 radical (unpaired) electrons. The highest BCUT2D eigenvalue weighted by molar-refractivity contribution is 7.20. The number of rotatable bonds is 5. The number of methoxy groups -OCH3 is 1. The van der Waals surface area contributed by atoms with Crippen molar-refractivity contribution in [2.45, 2.75) is 19.8 Å². The van der Waals surface area contributed by atoms with Crippen LogP contribution in [0.5, 0.6) is 0 Å². The van der Waals surface area contributed by atoms with Gasteiger partial charge >= 0.3 is 11.9 Å². The Morgan fingerprint density at radius 3 is 2.55 bits per heavy atom. The summed E-state index contributed by atoms with van der Waals surface area (Å²) in [5, 5.41) is 5.45. The van der Waals surface area contributed by atoms with Gasteiger partial charge in [-0.1, -0.05) is 18.2 Å². The van der Waals surface area contributed by atoms with Crippen LogP contribution in [0.3, 0.4) is 0 Å². The Labute approximate surface area is 183 Å². The zero-order valence-corrected chi connectivity index (χ0v) is 18.2. The lowest BCUT2D eigenvalue weighted by molar-refractivity contribution is -0.149. The minimum absolute atomic E-state index is 0.178. The molecule has 31 heavy (non-hydrogen) atoms. The van der Waals surface area contributed by atoms with Gasteiger partial charge in [0.2, 0.25) is 0 Å². The fraction of sp³-hybridized carbons (Fsp3) is 0.364. The van der Waals surface area contributed by atoms with Crippen molar-refractivity contribution >= 4 is 39.4 Å². The van der Waals surface area contributed by atoms with Gasteiger partial charge in [-0.05, 0) is 38.0 Å². The first-order valence-corrected chi connectivity index (χ1v) is 10.9. The molecule has 2 aromatic heterocycles. The van der Waals surface area contributed by atoms with E-state index in [0.29, 0.717) is 30.8 Å². The fourth-order valence-corrected chi connectivity index (χ4v) is 4.79. The lowest BCUT2D eigenvalue weighted by atomic mass is 9.97. The van der Waals surface area contributed by atoms with Crippen molar-refractivity contribution in [1.29, 1.82) is 0 Å². The van der Waals surface area contributed by atoms with Gasteiger partial charge in [-0.15, -0.1) is 11.3 Å². The number of aromatic nitrogens is 2. The maximum atomic E-state index is 12.6. The average Bonchev–Trinajstić information content (AvgIpc) is 3.38. The molecule has 1 aliphatic rings. The molecule has 1 aromatic carbocycles. The lowest BCUT2D eigenvalue weighted by Crippen LogP contribution is -2.42. The van der Waals surface area contributed by atoms with Crippen LogP contribution in [0.1, 0.15) is 28.2 Å². The number of ether oxygens (including phenoxy) is 2. The van der Waals surface area contributed by atoms with E-state index in [0.717, 1.165) is 21.6 Å². The second-order valence-electron chi connectivity index (χ2n) is 7.42. The van der Waals surface area contributed by atoms with E-state index in [1.807, 2.05) is 41.9 Å². The highest BCUT2D eigenvalue weighted by atomic mass is 32.1. The molecular formula is C22H23N3O5S. The lowest BCUT2D eigenvalue weighted by Gasteiger charge is -2.30. The van der Waals surface area contributed by atoms with E-state index in [2.05, 4.69) is 5.10 Å². The molecule has 8 nitrogen and oxygen atoms in total. The summed E-state index contributed by atoms with van der Waals surface area (Å²) in [6.45, 7) is 2.47. The molecular weight excluding hydrogens is 418 g/mol. The van der Waals surface area contributed by atoms with E-state index < -0.39 is 5.97 Å². The van der Waals surface area contributed by atoms with Gasteiger partial charge in [0.05, 0.1) is 24.4 Å². The molecule has 4 rings (SSSR count). The summed E-state index contributed by atoms with van der Waals surface area (Å²) < 4.78 is 11.9. The largest absolute Gasteiger partial charge is 0.469 e. The zero-order valence-electron chi connectivity index (χ0n) is 17.4. The number of aryl methyl sites for hydroxylation is 1. The third kappa shape index (κ3) is 4.32. The van der Waals surface area contributed by atoms with Crippen molar-refractivity contribution < 1.29 is 23.9 Å². The SMILES string of the molecule is COC(=O)C1CCN(C(=O)COC(=O)c2cc3c(C)nn(-c4ccccc4)c3s2)CC1. The van der Waals surface area contributed by atoms with Crippen molar-refractivity contribution in [3.63, 3.8) is 0 Å². The summed E-state index contributed by atoms with van der Waals surface area (Å²) in [5.41, 5.74) is 1.73. The Morgan fingerprint density at radius 1 is 1.16 bits per heavy atom. The third-order valence-corrected chi connectivity index (χ3v) is 6.55. The monoisotopic (exact) mass is 441 g/mol. The van der Waals surface area contributed by atoms with E-state index in [1.165, 1.54) is 18.4 Å². The number of fused-ring (bicyclic) bond motifs is 1. The van der Waals surface area contributed by atoms with Crippen LogP contribution >= 0.6 is 11.3 Å². The maximum Gasteiger partial charge on any atom is 0.348 e. The van der Waals surface area contributed by atoms with E-state index >= 15 is 0 Å². The Kier molecular flexibility index (Phi) is 6.03. The molecule has 3 aromatic rings. The van der Waals surface area contributed by atoms with Gasteiger partial charge in [-0.2, -0.15) is 5.10 Å². The van der Waals surface area contributed by atoms with Crippen molar-refractivity contribution in [2.24, 2.45) is 5.92 Å². The van der Waals surface area contributed by atoms with Crippen molar-refractivity contribution in [3.8, 4) is 5.69 Å². The Bertz CT molecular complexity index is 1110. The van der Waals surface area contributed by atoms with Crippen LogP contribution in [-0.4, -0.2) is 59.3 Å². The maximum absolute atomic E-state index is 12.6. The van der Waals surface area contributed by atoms with Crippen molar-refractivity contribution in [3.05, 3.63) is 47.0 Å². The number of amides is 1. The number of benzene rings is 1. The van der Waals surface area contributed by atoms with E-state index in [4.69, 9.17) is 9.47 Å². The number of esters is 2. The first-order valence-electron chi connectivity index (χ1n) is 10.0. The van der Waals surface area contributed by atoms with Crippen LogP contribution in [0.25, 0.3) is 15.9 Å². The molecule has 0 saturated carbocycles. The predicted octanol–water partition coefficient (Wildman–Crippen LogP) is 2.96. The Balaban J connectivity index is 1.39. The minimum Gasteiger partial charge on any atom is -0.469 e. The molecule has 0 N–H and O–H groups in total. The van der Waals surface area contributed by atoms with Gasteiger partial charge in [0.15, 0.2) is 6.61 Å². The molecule has 9 heteroatoms. The van der Waals surface area contributed by atoms with Crippen LogP contribution < -0.4 is 0 Å². The smallest absolute Gasteiger partial charge is 0.348 e. The van der Waals surface area contributed by atoms with Gasteiger partial charge in [0.1, 0.15) is 9.71 Å². The summed E-state index contributed by atoms with van der Waals surface area (Å²) in [7, 11) is 1.37. The summed E-state index contributed by atoms with van der Waals surface area (Å²) in [5.74, 6) is -1.21.